The molecule has 0 bridgehead atoms. The van der Waals surface area contributed by atoms with Crippen molar-refractivity contribution in [2.75, 3.05) is 0 Å². The van der Waals surface area contributed by atoms with Crippen molar-refractivity contribution in [1.82, 2.24) is 30.6 Å². The van der Waals surface area contributed by atoms with Gasteiger partial charge >= 0.3 is 12.2 Å². The molecule has 2 atom stereocenters. The SMILES string of the molecule is CC(C)C(NC(=O)OC(C)(C)C)c1ncc(-c2ccc(-c3ccc(-c4cnc(C(NC(=O)OC(C)(C)C)C(C)(C)C)[nH]4)cc3)cc2)[nH]1. The van der Waals surface area contributed by atoms with E-state index in [0.717, 1.165) is 33.6 Å². The van der Waals surface area contributed by atoms with E-state index in [1.165, 1.54) is 0 Å². The van der Waals surface area contributed by atoms with E-state index in [1.54, 1.807) is 12.4 Å². The van der Waals surface area contributed by atoms with Crippen molar-refractivity contribution in [3.63, 3.8) is 0 Å². The number of carbonyl (C=O) groups excluding carboxylic acids is 2. The lowest BCUT2D eigenvalue weighted by atomic mass is 9.86. The summed E-state index contributed by atoms with van der Waals surface area (Å²) in [5.41, 5.74) is 4.37. The number of alkyl carbamates (subject to hydrolysis) is 2. The van der Waals surface area contributed by atoms with Gasteiger partial charge in [0, 0.05) is 0 Å². The first-order valence-electron chi connectivity index (χ1n) is 16.1. The first-order valence-corrected chi connectivity index (χ1v) is 16.1. The number of H-pyrrole nitrogens is 2. The van der Waals surface area contributed by atoms with Gasteiger partial charge in [0.05, 0.1) is 35.9 Å². The molecule has 2 amide bonds. The molecule has 4 aromatic rings. The van der Waals surface area contributed by atoms with E-state index in [9.17, 15) is 9.59 Å². The van der Waals surface area contributed by atoms with Crippen LogP contribution < -0.4 is 10.6 Å². The minimum Gasteiger partial charge on any atom is -0.444 e. The first kappa shape index (κ1) is 35.3. The molecular formula is C37H50N6O4. The Balaban J connectivity index is 1.46. The Bertz CT molecular complexity index is 1650. The highest BCUT2D eigenvalue weighted by Gasteiger charge is 2.32. The smallest absolute Gasteiger partial charge is 0.408 e. The summed E-state index contributed by atoms with van der Waals surface area (Å²) >= 11 is 0. The minimum absolute atomic E-state index is 0.106. The van der Waals surface area contributed by atoms with Gasteiger partial charge in [-0.05, 0) is 75.1 Å². The number of ether oxygens (including phenoxy) is 2. The van der Waals surface area contributed by atoms with E-state index in [-0.39, 0.29) is 23.4 Å². The molecule has 47 heavy (non-hydrogen) atoms. The lowest BCUT2D eigenvalue weighted by Gasteiger charge is -2.31. The van der Waals surface area contributed by atoms with E-state index in [4.69, 9.17) is 9.47 Å². The second-order valence-corrected chi connectivity index (χ2v) is 15.3. The maximum atomic E-state index is 12.6. The molecule has 0 saturated heterocycles. The molecule has 2 aromatic carbocycles. The molecule has 10 heteroatoms. The van der Waals surface area contributed by atoms with E-state index in [1.807, 2.05) is 55.4 Å². The maximum absolute atomic E-state index is 12.6. The highest BCUT2D eigenvalue weighted by Crippen LogP contribution is 2.33. The maximum Gasteiger partial charge on any atom is 0.408 e. The Labute approximate surface area is 278 Å². The number of hydrogen-bond acceptors (Lipinski definition) is 6. The summed E-state index contributed by atoms with van der Waals surface area (Å²) in [5.74, 6) is 1.45. The van der Waals surface area contributed by atoms with Crippen molar-refractivity contribution < 1.29 is 19.1 Å². The average molecular weight is 643 g/mol. The summed E-state index contributed by atoms with van der Waals surface area (Å²) in [6.07, 6.45) is 2.63. The number of amides is 2. The van der Waals surface area contributed by atoms with Crippen molar-refractivity contribution in [3.05, 3.63) is 72.6 Å². The van der Waals surface area contributed by atoms with Crippen LogP contribution in [-0.2, 0) is 9.47 Å². The molecule has 2 heterocycles. The zero-order valence-corrected chi connectivity index (χ0v) is 29.5. The third kappa shape index (κ3) is 9.70. The van der Waals surface area contributed by atoms with Crippen molar-refractivity contribution in [2.45, 2.75) is 99.4 Å². The van der Waals surface area contributed by atoms with Crippen LogP contribution in [0.3, 0.4) is 0 Å². The summed E-state index contributed by atoms with van der Waals surface area (Å²) in [4.78, 5) is 41.0. The topological polar surface area (TPSA) is 134 Å². The fourth-order valence-electron chi connectivity index (χ4n) is 5.06. The molecule has 0 saturated carbocycles. The van der Waals surface area contributed by atoms with Crippen molar-refractivity contribution in [1.29, 1.82) is 0 Å². The van der Waals surface area contributed by atoms with Gasteiger partial charge in [-0.3, -0.25) is 0 Å². The molecule has 0 spiro atoms. The zero-order valence-electron chi connectivity index (χ0n) is 29.5. The fourth-order valence-corrected chi connectivity index (χ4v) is 5.06. The Morgan fingerprint density at radius 2 is 1.00 bits per heavy atom. The third-order valence-electron chi connectivity index (χ3n) is 7.35. The molecule has 4 N–H and O–H groups in total. The second-order valence-electron chi connectivity index (χ2n) is 15.3. The van der Waals surface area contributed by atoms with E-state index < -0.39 is 23.4 Å². The van der Waals surface area contributed by atoms with Crippen molar-refractivity contribution >= 4 is 12.2 Å². The lowest BCUT2D eigenvalue weighted by Crippen LogP contribution is -2.40. The highest BCUT2D eigenvalue weighted by atomic mass is 16.6. The number of imidazole rings is 2. The number of carbonyl (C=O) groups is 2. The molecule has 252 valence electrons. The van der Waals surface area contributed by atoms with Gasteiger partial charge in [0.25, 0.3) is 0 Å². The quantitative estimate of drug-likeness (QED) is 0.152. The van der Waals surface area contributed by atoms with Gasteiger partial charge in [-0.2, -0.15) is 0 Å². The zero-order chi connectivity index (χ0) is 34.7. The minimum atomic E-state index is -0.592. The number of rotatable bonds is 8. The molecule has 10 nitrogen and oxygen atoms in total. The number of benzene rings is 2. The van der Waals surface area contributed by atoms with Crippen molar-refractivity contribution in [2.24, 2.45) is 11.3 Å². The molecule has 0 aliphatic rings. The van der Waals surface area contributed by atoms with Crippen LogP contribution in [0.1, 0.15) is 99.9 Å². The fraction of sp³-hybridized carbons (Fsp3) is 0.459. The number of aromatic amines is 2. The Morgan fingerprint density at radius 3 is 1.40 bits per heavy atom. The third-order valence-corrected chi connectivity index (χ3v) is 7.35. The van der Waals surface area contributed by atoms with Gasteiger partial charge in [-0.15, -0.1) is 0 Å². The monoisotopic (exact) mass is 642 g/mol. The Hall–Kier alpha value is -4.60. The van der Waals surface area contributed by atoms with Crippen LogP contribution in [0, 0.1) is 11.3 Å². The van der Waals surface area contributed by atoms with Crippen LogP contribution in [0.5, 0.6) is 0 Å². The Morgan fingerprint density at radius 1 is 0.617 bits per heavy atom. The van der Waals surface area contributed by atoms with Crippen LogP contribution in [0.15, 0.2) is 60.9 Å². The highest BCUT2D eigenvalue weighted by molar-refractivity contribution is 5.72. The predicted octanol–water partition coefficient (Wildman–Crippen LogP) is 8.97. The van der Waals surface area contributed by atoms with Crippen LogP contribution in [-0.4, -0.2) is 43.3 Å². The molecule has 0 aliphatic heterocycles. The number of hydrogen-bond donors (Lipinski definition) is 4. The second kappa shape index (κ2) is 13.6. The normalized spacial score (nSPS) is 13.6. The molecule has 4 rings (SSSR count). The van der Waals surface area contributed by atoms with Gasteiger partial charge < -0.3 is 30.1 Å². The van der Waals surface area contributed by atoms with Crippen LogP contribution in [0.2, 0.25) is 0 Å². The van der Waals surface area contributed by atoms with Gasteiger partial charge in [0.2, 0.25) is 0 Å². The number of nitrogens with one attached hydrogen (secondary N) is 4. The molecule has 0 fully saturated rings. The molecule has 2 unspecified atom stereocenters. The average Bonchev–Trinajstić information content (AvgIpc) is 3.63. The first-order chi connectivity index (χ1) is 21.8. The van der Waals surface area contributed by atoms with Crippen molar-refractivity contribution in [3.8, 4) is 33.6 Å². The van der Waals surface area contributed by atoms with Crippen LogP contribution >= 0.6 is 0 Å². The molecule has 2 aromatic heterocycles. The van der Waals surface area contributed by atoms with E-state index >= 15 is 0 Å². The molecular weight excluding hydrogens is 592 g/mol. The van der Waals surface area contributed by atoms with Gasteiger partial charge in [0.1, 0.15) is 22.9 Å². The van der Waals surface area contributed by atoms with E-state index in [0.29, 0.717) is 11.6 Å². The summed E-state index contributed by atoms with van der Waals surface area (Å²) in [6, 6.07) is 15.8. The van der Waals surface area contributed by atoms with E-state index in [2.05, 4.69) is 99.9 Å². The largest absolute Gasteiger partial charge is 0.444 e. The summed E-state index contributed by atoms with van der Waals surface area (Å²) < 4.78 is 10.9. The number of aromatic nitrogens is 4. The van der Waals surface area contributed by atoms with Gasteiger partial charge in [-0.25, -0.2) is 19.6 Å². The summed E-state index contributed by atoms with van der Waals surface area (Å²) in [5, 5.41) is 5.93. The predicted molar refractivity (Wildman–Crippen MR) is 186 cm³/mol. The summed E-state index contributed by atoms with van der Waals surface area (Å²) in [6.45, 7) is 21.3. The molecule has 0 aliphatic carbocycles. The summed E-state index contributed by atoms with van der Waals surface area (Å²) in [7, 11) is 0. The van der Waals surface area contributed by atoms with Crippen LogP contribution in [0.4, 0.5) is 9.59 Å². The standard InChI is InChI=1S/C37H50N6O4/c1-22(2)29(42-33(44)46-36(6,7)8)31-38-20-27(40-31)25-16-12-23(13-17-25)24-14-18-26(19-15-24)28-21-39-32(41-28)30(35(3,4)5)43-34(45)47-37(9,10)11/h12-22,29-30H,1-11H3,(H,38,40)(H,39,41)(H,42,44)(H,43,45). The van der Waals surface area contributed by atoms with Gasteiger partial charge in [0.15, 0.2) is 0 Å². The Kier molecular flexibility index (Phi) is 10.2. The van der Waals surface area contributed by atoms with Crippen LogP contribution in [0.25, 0.3) is 33.6 Å². The van der Waals surface area contributed by atoms with Gasteiger partial charge in [-0.1, -0.05) is 83.1 Å². The number of nitrogens with zero attached hydrogens (tertiary/aromatic N) is 2. The molecule has 0 radical (unpaired) electrons. The lowest BCUT2D eigenvalue weighted by molar-refractivity contribution is 0.0455.